The van der Waals surface area contributed by atoms with Crippen molar-refractivity contribution < 1.29 is 9.59 Å². The van der Waals surface area contributed by atoms with Crippen LogP contribution in [0.4, 0.5) is 0 Å². The molecule has 0 radical (unpaired) electrons. The minimum absolute atomic E-state index is 0.131. The zero-order valence-electron chi connectivity index (χ0n) is 7.50. The summed E-state index contributed by atoms with van der Waals surface area (Å²) in [6, 6.07) is 0. The molecule has 0 aromatic carbocycles. The number of hydrogen-bond acceptors (Lipinski definition) is 3. The van der Waals surface area contributed by atoms with Gasteiger partial charge >= 0.3 is 0 Å². The Kier molecular flexibility index (Phi) is 2.17. The number of hydrogen-bond donors (Lipinski definition) is 0. The molecule has 1 aliphatic rings. The van der Waals surface area contributed by atoms with Crippen LogP contribution in [0, 0.1) is 0 Å². The molecular weight excluding hydrogens is 156 g/mol. The molecule has 0 spiro atoms. The highest BCUT2D eigenvalue weighted by Crippen LogP contribution is 2.16. The van der Waals surface area contributed by atoms with Crippen LogP contribution >= 0.6 is 0 Å². The summed E-state index contributed by atoms with van der Waals surface area (Å²) in [5, 5.41) is 0. The first-order chi connectivity index (χ1) is 5.52. The van der Waals surface area contributed by atoms with E-state index in [9.17, 15) is 9.59 Å². The lowest BCUT2D eigenvalue weighted by molar-refractivity contribution is -0.135. The van der Waals surface area contributed by atoms with Crippen molar-refractivity contribution in [1.29, 1.82) is 0 Å². The second-order valence-corrected chi connectivity index (χ2v) is 3.05. The van der Waals surface area contributed by atoms with Crippen molar-refractivity contribution in [3.63, 3.8) is 0 Å². The SMILES string of the molecule is CN(C)C=C1CC(=O)N(C)C1=O. The Balaban J connectivity index is 2.85. The molecule has 66 valence electrons. The molecule has 0 N–H and O–H groups in total. The Morgan fingerprint density at radius 3 is 2.33 bits per heavy atom. The number of imide groups is 1. The Hall–Kier alpha value is -1.32. The van der Waals surface area contributed by atoms with Gasteiger partial charge in [0.1, 0.15) is 0 Å². The van der Waals surface area contributed by atoms with E-state index in [1.807, 2.05) is 14.1 Å². The molecule has 4 nitrogen and oxygen atoms in total. The molecule has 1 rings (SSSR count). The van der Waals surface area contributed by atoms with E-state index in [1.165, 1.54) is 7.05 Å². The van der Waals surface area contributed by atoms with Crippen LogP contribution in [0.3, 0.4) is 0 Å². The van der Waals surface area contributed by atoms with Crippen LogP contribution in [0.5, 0.6) is 0 Å². The van der Waals surface area contributed by atoms with Crippen LogP contribution in [-0.4, -0.2) is 42.8 Å². The summed E-state index contributed by atoms with van der Waals surface area (Å²) in [7, 11) is 5.15. The smallest absolute Gasteiger partial charge is 0.258 e. The molecule has 1 saturated heterocycles. The topological polar surface area (TPSA) is 40.6 Å². The fourth-order valence-electron chi connectivity index (χ4n) is 1.10. The summed E-state index contributed by atoms with van der Waals surface area (Å²) in [6.45, 7) is 0. The van der Waals surface area contributed by atoms with Gasteiger partial charge in [0, 0.05) is 32.9 Å². The summed E-state index contributed by atoms with van der Waals surface area (Å²) >= 11 is 0. The first-order valence-corrected chi connectivity index (χ1v) is 3.70. The number of likely N-dealkylation sites (tertiary alicyclic amines) is 1. The lowest BCUT2D eigenvalue weighted by atomic mass is 10.2. The Bertz CT molecular complexity index is 256. The molecule has 1 heterocycles. The van der Waals surface area contributed by atoms with Gasteiger partial charge in [-0.3, -0.25) is 14.5 Å². The minimum Gasteiger partial charge on any atom is -0.383 e. The van der Waals surface area contributed by atoms with Crippen molar-refractivity contribution in [3.8, 4) is 0 Å². The summed E-state index contributed by atoms with van der Waals surface area (Å²) < 4.78 is 0. The second-order valence-electron chi connectivity index (χ2n) is 3.05. The van der Waals surface area contributed by atoms with Gasteiger partial charge in [0.05, 0.1) is 6.42 Å². The lowest BCUT2D eigenvalue weighted by Gasteiger charge is -2.06. The highest BCUT2D eigenvalue weighted by Gasteiger charge is 2.30. The van der Waals surface area contributed by atoms with E-state index in [0.29, 0.717) is 5.57 Å². The molecule has 0 unspecified atom stereocenters. The number of carbonyl (C=O) groups is 2. The van der Waals surface area contributed by atoms with E-state index in [2.05, 4.69) is 0 Å². The Morgan fingerprint density at radius 2 is 2.00 bits per heavy atom. The van der Waals surface area contributed by atoms with Gasteiger partial charge in [-0.15, -0.1) is 0 Å². The lowest BCUT2D eigenvalue weighted by Crippen LogP contribution is -2.24. The van der Waals surface area contributed by atoms with Gasteiger partial charge in [0.15, 0.2) is 0 Å². The van der Waals surface area contributed by atoms with Crippen molar-refractivity contribution >= 4 is 11.8 Å². The molecule has 0 aliphatic carbocycles. The van der Waals surface area contributed by atoms with Crippen LogP contribution < -0.4 is 0 Å². The minimum atomic E-state index is -0.186. The van der Waals surface area contributed by atoms with Crippen molar-refractivity contribution in [3.05, 3.63) is 11.8 Å². The normalized spacial score (nSPS) is 20.9. The maximum atomic E-state index is 11.3. The number of likely N-dealkylation sites (N-methyl/N-ethyl adjacent to an activating group) is 1. The third-order valence-corrected chi connectivity index (χ3v) is 1.71. The largest absolute Gasteiger partial charge is 0.383 e. The van der Waals surface area contributed by atoms with E-state index in [4.69, 9.17) is 0 Å². The van der Waals surface area contributed by atoms with E-state index < -0.39 is 0 Å². The van der Waals surface area contributed by atoms with Crippen molar-refractivity contribution in [2.75, 3.05) is 21.1 Å². The molecule has 1 fully saturated rings. The van der Waals surface area contributed by atoms with Gasteiger partial charge in [-0.25, -0.2) is 0 Å². The Morgan fingerprint density at radius 1 is 1.42 bits per heavy atom. The van der Waals surface area contributed by atoms with Gasteiger partial charge in [0.25, 0.3) is 5.91 Å². The second kappa shape index (κ2) is 2.97. The van der Waals surface area contributed by atoms with Gasteiger partial charge in [-0.1, -0.05) is 0 Å². The summed E-state index contributed by atoms with van der Waals surface area (Å²) in [5.74, 6) is -0.318. The highest BCUT2D eigenvalue weighted by atomic mass is 16.2. The van der Waals surface area contributed by atoms with Crippen LogP contribution in [0.15, 0.2) is 11.8 Å². The third-order valence-electron chi connectivity index (χ3n) is 1.71. The van der Waals surface area contributed by atoms with Crippen LogP contribution in [0.1, 0.15) is 6.42 Å². The summed E-state index contributed by atoms with van der Waals surface area (Å²) in [4.78, 5) is 25.2. The number of rotatable bonds is 1. The predicted octanol–water partition coefficient (Wildman–Crippen LogP) is -0.179. The van der Waals surface area contributed by atoms with E-state index >= 15 is 0 Å². The molecule has 0 atom stereocenters. The molecule has 2 amide bonds. The number of amides is 2. The molecule has 0 aromatic rings. The molecule has 0 saturated carbocycles. The third kappa shape index (κ3) is 1.47. The summed E-state index contributed by atoms with van der Waals surface area (Å²) in [6.07, 6.45) is 1.91. The Labute approximate surface area is 71.4 Å². The standard InChI is InChI=1S/C8H12N2O2/c1-9(2)5-6-4-7(11)10(3)8(6)12/h5H,4H2,1-3H3. The predicted molar refractivity (Wildman–Crippen MR) is 44.2 cm³/mol. The van der Waals surface area contributed by atoms with E-state index in [1.54, 1.807) is 11.1 Å². The fourth-order valence-corrected chi connectivity index (χ4v) is 1.10. The van der Waals surface area contributed by atoms with Gasteiger partial charge in [0.2, 0.25) is 5.91 Å². The van der Waals surface area contributed by atoms with Crippen molar-refractivity contribution in [1.82, 2.24) is 9.80 Å². The van der Waals surface area contributed by atoms with Gasteiger partial charge in [-0.05, 0) is 0 Å². The average molecular weight is 168 g/mol. The fraction of sp³-hybridized carbons (Fsp3) is 0.500. The van der Waals surface area contributed by atoms with Crippen LogP contribution in [0.2, 0.25) is 0 Å². The molecule has 4 heteroatoms. The van der Waals surface area contributed by atoms with Crippen molar-refractivity contribution in [2.45, 2.75) is 6.42 Å². The first-order valence-electron chi connectivity index (χ1n) is 3.70. The average Bonchev–Trinajstić information content (AvgIpc) is 2.17. The maximum Gasteiger partial charge on any atom is 0.258 e. The number of carbonyl (C=O) groups excluding carboxylic acids is 2. The zero-order valence-corrected chi connectivity index (χ0v) is 7.50. The van der Waals surface area contributed by atoms with Crippen molar-refractivity contribution in [2.24, 2.45) is 0 Å². The molecule has 12 heavy (non-hydrogen) atoms. The van der Waals surface area contributed by atoms with Gasteiger partial charge in [-0.2, -0.15) is 0 Å². The van der Waals surface area contributed by atoms with Gasteiger partial charge < -0.3 is 4.90 Å². The molecule has 1 aliphatic heterocycles. The quantitative estimate of drug-likeness (QED) is 0.403. The molecular formula is C8H12N2O2. The monoisotopic (exact) mass is 168 g/mol. The van der Waals surface area contributed by atoms with E-state index in [-0.39, 0.29) is 18.2 Å². The summed E-state index contributed by atoms with van der Waals surface area (Å²) in [5.41, 5.74) is 0.563. The maximum absolute atomic E-state index is 11.3. The number of nitrogens with zero attached hydrogens (tertiary/aromatic N) is 2. The molecule has 0 aromatic heterocycles. The highest BCUT2D eigenvalue weighted by molar-refractivity contribution is 6.12. The zero-order chi connectivity index (χ0) is 9.30. The van der Waals surface area contributed by atoms with Crippen LogP contribution in [-0.2, 0) is 9.59 Å². The van der Waals surface area contributed by atoms with Crippen LogP contribution in [0.25, 0.3) is 0 Å². The molecule has 0 bridgehead atoms. The first kappa shape index (κ1) is 8.77. The van der Waals surface area contributed by atoms with E-state index in [0.717, 1.165) is 4.90 Å².